The van der Waals surface area contributed by atoms with Crippen molar-refractivity contribution in [3.8, 4) is 11.1 Å². The Bertz CT molecular complexity index is 805. The van der Waals surface area contributed by atoms with Crippen LogP contribution in [0.5, 0.6) is 0 Å². The molecule has 1 unspecified atom stereocenters. The third kappa shape index (κ3) is 6.63. The Morgan fingerprint density at radius 2 is 0.960 bits per heavy atom. The van der Waals surface area contributed by atoms with Gasteiger partial charge in [-0.2, -0.15) is 0 Å². The molecule has 0 saturated carbocycles. The lowest BCUT2D eigenvalue weighted by Gasteiger charge is -2.12. The van der Waals surface area contributed by atoms with Crippen molar-refractivity contribution in [3.63, 3.8) is 0 Å². The van der Waals surface area contributed by atoms with Crippen LogP contribution in [0.25, 0.3) is 11.1 Å². The fourth-order valence-electron chi connectivity index (χ4n) is 2.32. The Hall–Kier alpha value is -2.27. The first-order chi connectivity index (χ1) is 11.8. The number of rotatable bonds is 3. The summed E-state index contributed by atoms with van der Waals surface area (Å²) < 4.78 is 8.88. The zero-order chi connectivity index (χ0) is 18.3. The molecule has 4 N–H and O–H groups in total. The zero-order valence-electron chi connectivity index (χ0n) is 13.3. The maximum Gasteiger partial charge on any atom is 0.466 e. The van der Waals surface area contributed by atoms with Crippen molar-refractivity contribution in [1.29, 1.82) is 0 Å². The number of hydrogen-bond acceptors (Lipinski definition) is 2. The molecule has 0 amide bonds. The van der Waals surface area contributed by atoms with E-state index in [9.17, 15) is 5.11 Å². The zero-order valence-corrected chi connectivity index (χ0v) is 14.2. The van der Waals surface area contributed by atoms with Gasteiger partial charge in [-0.05, 0) is 22.3 Å². The van der Waals surface area contributed by atoms with Crippen LogP contribution >= 0.6 is 7.82 Å². The number of benzene rings is 3. The Balaban J connectivity index is 0.000000399. The molecule has 0 aliphatic rings. The van der Waals surface area contributed by atoms with E-state index in [1.165, 1.54) is 5.56 Å². The summed E-state index contributed by atoms with van der Waals surface area (Å²) in [7, 11) is -4.64. The van der Waals surface area contributed by atoms with Crippen molar-refractivity contribution in [2.75, 3.05) is 0 Å². The average molecular weight is 358 g/mol. The van der Waals surface area contributed by atoms with E-state index < -0.39 is 13.9 Å². The van der Waals surface area contributed by atoms with E-state index in [2.05, 4.69) is 24.3 Å². The second-order valence-electron chi connectivity index (χ2n) is 5.31. The molecule has 3 aromatic carbocycles. The Labute approximate surface area is 146 Å². The first-order valence-electron chi connectivity index (χ1n) is 7.51. The second kappa shape index (κ2) is 8.72. The molecule has 3 aromatic rings. The van der Waals surface area contributed by atoms with Crippen LogP contribution < -0.4 is 0 Å². The van der Waals surface area contributed by atoms with E-state index in [0.29, 0.717) is 0 Å². The molecule has 0 aromatic heterocycles. The van der Waals surface area contributed by atoms with Crippen LogP contribution in [0.2, 0.25) is 0 Å². The summed E-state index contributed by atoms with van der Waals surface area (Å²) in [5.41, 5.74) is 4.18. The molecule has 0 fully saturated rings. The molecule has 25 heavy (non-hydrogen) atoms. The van der Waals surface area contributed by atoms with Crippen molar-refractivity contribution >= 4 is 7.82 Å². The first kappa shape index (κ1) is 19.1. The highest BCUT2D eigenvalue weighted by Gasteiger charge is 2.09. The third-order valence-corrected chi connectivity index (χ3v) is 3.45. The van der Waals surface area contributed by atoms with Gasteiger partial charge in [0.25, 0.3) is 0 Å². The molecule has 0 radical (unpaired) electrons. The van der Waals surface area contributed by atoms with Gasteiger partial charge in [0.05, 0.1) is 0 Å². The van der Waals surface area contributed by atoms with Crippen LogP contribution in [0, 0.1) is 0 Å². The molecular weight excluding hydrogens is 339 g/mol. The molecule has 0 aliphatic heterocycles. The van der Waals surface area contributed by atoms with Gasteiger partial charge in [-0.25, -0.2) is 4.57 Å². The number of aliphatic hydroxyl groups excluding tert-OH is 1. The predicted molar refractivity (Wildman–Crippen MR) is 96.6 cm³/mol. The topological polar surface area (TPSA) is 98.0 Å². The molecule has 3 rings (SSSR count). The minimum absolute atomic E-state index is 0.568. The first-order valence-corrected chi connectivity index (χ1v) is 9.08. The summed E-state index contributed by atoms with van der Waals surface area (Å²) in [6.07, 6.45) is -0.568. The molecule has 1 atom stereocenters. The molecule has 0 aliphatic carbocycles. The molecule has 0 spiro atoms. The van der Waals surface area contributed by atoms with Crippen molar-refractivity contribution in [1.82, 2.24) is 0 Å². The van der Waals surface area contributed by atoms with Crippen LogP contribution in [0.1, 0.15) is 17.2 Å². The molecule has 0 bridgehead atoms. The minimum atomic E-state index is -4.64. The smallest absolute Gasteiger partial charge is 0.384 e. The lowest BCUT2D eigenvalue weighted by Crippen LogP contribution is -1.98. The second-order valence-corrected chi connectivity index (χ2v) is 6.34. The van der Waals surface area contributed by atoms with E-state index in [-0.39, 0.29) is 0 Å². The van der Waals surface area contributed by atoms with E-state index >= 15 is 0 Å². The Kier molecular flexibility index (Phi) is 6.65. The highest BCUT2D eigenvalue weighted by atomic mass is 31.2. The van der Waals surface area contributed by atoms with Gasteiger partial charge in [0.2, 0.25) is 0 Å². The van der Waals surface area contributed by atoms with Crippen LogP contribution in [0.4, 0.5) is 0 Å². The minimum Gasteiger partial charge on any atom is -0.384 e. The largest absolute Gasteiger partial charge is 0.466 e. The Morgan fingerprint density at radius 3 is 1.44 bits per heavy atom. The number of phosphoric acid groups is 1. The molecule has 0 saturated heterocycles. The van der Waals surface area contributed by atoms with E-state index in [1.54, 1.807) is 0 Å². The van der Waals surface area contributed by atoms with Crippen molar-refractivity contribution < 1.29 is 24.4 Å². The van der Waals surface area contributed by atoms with Crippen LogP contribution in [-0.4, -0.2) is 19.8 Å². The van der Waals surface area contributed by atoms with Crippen molar-refractivity contribution in [2.45, 2.75) is 6.10 Å². The molecular formula is C19H19O5P. The lowest BCUT2D eigenvalue weighted by molar-refractivity contribution is 0.220. The highest BCUT2D eigenvalue weighted by Crippen LogP contribution is 2.26. The van der Waals surface area contributed by atoms with Crippen LogP contribution in [-0.2, 0) is 4.57 Å². The number of aliphatic hydroxyl groups is 1. The van der Waals surface area contributed by atoms with Gasteiger partial charge in [-0.3, -0.25) is 0 Å². The van der Waals surface area contributed by atoms with Gasteiger partial charge in [0, 0.05) is 0 Å². The van der Waals surface area contributed by atoms with Crippen LogP contribution in [0.15, 0.2) is 84.9 Å². The quantitative estimate of drug-likeness (QED) is 0.537. The van der Waals surface area contributed by atoms with Crippen molar-refractivity contribution in [3.05, 3.63) is 96.1 Å². The standard InChI is InChI=1S/C19H16O.H3O4P/c20-19(17-9-5-2-6-10-17)18-13-11-16(12-14-18)15-7-3-1-4-8-15;1-5(2,3)4/h1-14,19-20H;(H3,1,2,3,4). The summed E-state index contributed by atoms with van der Waals surface area (Å²) in [6, 6.07) is 28.0. The van der Waals surface area contributed by atoms with Gasteiger partial charge >= 0.3 is 7.82 Å². The summed E-state index contributed by atoms with van der Waals surface area (Å²) >= 11 is 0. The normalized spacial score (nSPS) is 12.0. The number of hydrogen-bond donors (Lipinski definition) is 4. The predicted octanol–water partition coefficient (Wildman–Crippen LogP) is 3.51. The van der Waals surface area contributed by atoms with Gasteiger partial charge in [0.1, 0.15) is 6.10 Å². The van der Waals surface area contributed by atoms with Gasteiger partial charge in [0.15, 0.2) is 0 Å². The highest BCUT2D eigenvalue weighted by molar-refractivity contribution is 7.45. The molecule has 130 valence electrons. The van der Waals surface area contributed by atoms with Crippen LogP contribution in [0.3, 0.4) is 0 Å². The fraction of sp³-hybridized carbons (Fsp3) is 0.0526. The fourth-order valence-corrected chi connectivity index (χ4v) is 2.32. The van der Waals surface area contributed by atoms with E-state index in [4.69, 9.17) is 19.2 Å². The summed E-state index contributed by atoms with van der Waals surface area (Å²) in [5.74, 6) is 0. The summed E-state index contributed by atoms with van der Waals surface area (Å²) in [5, 5.41) is 10.4. The van der Waals surface area contributed by atoms with E-state index in [1.807, 2.05) is 60.7 Å². The Morgan fingerprint density at radius 1 is 0.600 bits per heavy atom. The van der Waals surface area contributed by atoms with Gasteiger partial charge in [-0.15, -0.1) is 0 Å². The lowest BCUT2D eigenvalue weighted by atomic mass is 9.98. The van der Waals surface area contributed by atoms with Crippen molar-refractivity contribution in [2.24, 2.45) is 0 Å². The third-order valence-electron chi connectivity index (χ3n) is 3.45. The molecule has 5 nitrogen and oxygen atoms in total. The maximum atomic E-state index is 10.4. The SMILES string of the molecule is O=P(O)(O)O.OC(c1ccccc1)c1ccc(-c2ccccc2)cc1. The average Bonchev–Trinajstić information content (AvgIpc) is 2.61. The van der Waals surface area contributed by atoms with E-state index in [0.717, 1.165) is 16.7 Å². The summed E-state index contributed by atoms with van der Waals surface area (Å²) in [4.78, 5) is 21.6. The maximum absolute atomic E-state index is 10.4. The van der Waals surface area contributed by atoms with Gasteiger partial charge < -0.3 is 19.8 Å². The van der Waals surface area contributed by atoms with Gasteiger partial charge in [-0.1, -0.05) is 84.9 Å². The molecule has 6 heteroatoms. The monoisotopic (exact) mass is 358 g/mol. The summed E-state index contributed by atoms with van der Waals surface area (Å²) in [6.45, 7) is 0. The molecule has 0 heterocycles.